The van der Waals surface area contributed by atoms with Crippen LogP contribution in [0.5, 0.6) is 0 Å². The van der Waals surface area contributed by atoms with Crippen molar-refractivity contribution in [1.29, 1.82) is 0 Å². The molecule has 1 aliphatic heterocycles. The van der Waals surface area contributed by atoms with Crippen LogP contribution in [-0.4, -0.2) is 46.0 Å². The number of anilines is 3. The van der Waals surface area contributed by atoms with E-state index in [9.17, 15) is 24.6 Å². The second-order valence-corrected chi connectivity index (χ2v) is 12.5. The van der Waals surface area contributed by atoms with Crippen LogP contribution in [-0.2, 0) is 28.3 Å². The number of hydrogen-bond donors (Lipinski definition) is 4. The Morgan fingerprint density at radius 3 is 2.45 bits per heavy atom. The second kappa shape index (κ2) is 14.8. The number of nitrogens with one attached hydrogen (secondary N) is 1. The Bertz CT molecular complexity index is 1780. The molecule has 0 saturated heterocycles. The van der Waals surface area contributed by atoms with Crippen LogP contribution in [0.2, 0.25) is 0 Å². The van der Waals surface area contributed by atoms with Gasteiger partial charge >= 0.3 is 0 Å². The summed E-state index contributed by atoms with van der Waals surface area (Å²) in [5.74, 6) is -1.63. The number of rotatable bonds is 12. The molecular formula is C37H37BrN4O5. The van der Waals surface area contributed by atoms with Gasteiger partial charge in [0.2, 0.25) is 5.91 Å². The van der Waals surface area contributed by atoms with E-state index in [0.717, 1.165) is 11.1 Å². The Morgan fingerprint density at radius 2 is 1.72 bits per heavy atom. The molecule has 0 bridgehead atoms. The summed E-state index contributed by atoms with van der Waals surface area (Å²) in [6.07, 6.45) is 3.41. The molecule has 4 aromatic carbocycles. The van der Waals surface area contributed by atoms with Gasteiger partial charge < -0.3 is 31.1 Å². The molecule has 0 saturated carbocycles. The van der Waals surface area contributed by atoms with Crippen LogP contribution in [0.1, 0.15) is 40.4 Å². The van der Waals surface area contributed by atoms with Gasteiger partial charge in [0.1, 0.15) is 0 Å². The van der Waals surface area contributed by atoms with Gasteiger partial charge in [-0.15, -0.1) is 0 Å². The van der Waals surface area contributed by atoms with Gasteiger partial charge in [-0.2, -0.15) is 0 Å². The third kappa shape index (κ3) is 7.62. The monoisotopic (exact) mass is 696 g/mol. The molecule has 0 unspecified atom stereocenters. The third-order valence-corrected chi connectivity index (χ3v) is 8.74. The number of carbonyl (C=O) groups is 3. The predicted molar refractivity (Wildman–Crippen MR) is 186 cm³/mol. The Morgan fingerprint density at radius 1 is 1.00 bits per heavy atom. The molecule has 0 spiro atoms. The van der Waals surface area contributed by atoms with Gasteiger partial charge in [-0.3, -0.25) is 14.4 Å². The van der Waals surface area contributed by atoms with E-state index in [1.807, 2.05) is 42.5 Å². The van der Waals surface area contributed by atoms with Gasteiger partial charge in [-0.25, -0.2) is 0 Å². The number of amides is 3. The summed E-state index contributed by atoms with van der Waals surface area (Å²) in [4.78, 5) is 43.0. The van der Waals surface area contributed by atoms with Crippen LogP contribution in [0.15, 0.2) is 114 Å². The van der Waals surface area contributed by atoms with Crippen molar-refractivity contribution in [3.05, 3.63) is 136 Å². The normalized spacial score (nSPS) is 16.3. The number of benzene rings is 4. The van der Waals surface area contributed by atoms with Crippen molar-refractivity contribution >= 4 is 50.7 Å². The summed E-state index contributed by atoms with van der Waals surface area (Å²) >= 11 is 3.48. The standard InChI is InChI=1S/C37H37BrN4O5/c1-25(7-5-12-34(44)41(19-20-43)23-26-8-3-2-4-9-26)37(47)32-22-29(38)15-18-33(32)42(36(37)46)24-27-10-6-11-31(21-27)40-35(45)28-13-16-30(39)17-14-28/h2-11,13-18,21-22,25,43,47H,12,19-20,23-24,39H2,1H3,(H,40,45)/b7-5+/t25-,37+/m1/s1. The maximum Gasteiger partial charge on any atom is 0.264 e. The number of nitrogen functional groups attached to an aromatic ring is 1. The minimum absolute atomic E-state index is 0.0470. The second-order valence-electron chi connectivity index (χ2n) is 11.5. The van der Waals surface area contributed by atoms with E-state index in [0.29, 0.717) is 39.2 Å². The molecule has 3 amide bonds. The Balaban J connectivity index is 1.31. The molecule has 10 heteroatoms. The number of carbonyl (C=O) groups excluding carboxylic acids is 3. The highest BCUT2D eigenvalue weighted by molar-refractivity contribution is 9.10. The molecule has 4 aromatic rings. The maximum absolute atomic E-state index is 14.1. The topological polar surface area (TPSA) is 136 Å². The van der Waals surface area contributed by atoms with Gasteiger partial charge in [-0.05, 0) is 65.7 Å². The van der Waals surface area contributed by atoms with Crippen LogP contribution in [0.3, 0.4) is 0 Å². The zero-order chi connectivity index (χ0) is 33.6. The zero-order valence-electron chi connectivity index (χ0n) is 26.0. The molecule has 9 nitrogen and oxygen atoms in total. The smallest absolute Gasteiger partial charge is 0.264 e. The highest BCUT2D eigenvalue weighted by Crippen LogP contribution is 2.46. The Labute approximate surface area is 282 Å². The molecule has 242 valence electrons. The minimum Gasteiger partial charge on any atom is -0.399 e. The molecule has 0 radical (unpaired) electrons. The van der Waals surface area contributed by atoms with E-state index in [-0.39, 0.29) is 37.9 Å². The average Bonchev–Trinajstić information content (AvgIpc) is 3.27. The van der Waals surface area contributed by atoms with Gasteiger partial charge in [0.25, 0.3) is 11.8 Å². The first kappa shape index (κ1) is 33.6. The molecule has 1 aliphatic rings. The van der Waals surface area contributed by atoms with Crippen molar-refractivity contribution < 1.29 is 24.6 Å². The lowest BCUT2D eigenvalue weighted by Gasteiger charge is -2.28. The fraction of sp³-hybridized carbons (Fsp3) is 0.216. The third-order valence-electron chi connectivity index (χ3n) is 8.24. The van der Waals surface area contributed by atoms with E-state index in [4.69, 9.17) is 5.73 Å². The first-order valence-electron chi connectivity index (χ1n) is 15.3. The van der Waals surface area contributed by atoms with Crippen molar-refractivity contribution in [3.63, 3.8) is 0 Å². The van der Waals surface area contributed by atoms with E-state index in [1.54, 1.807) is 83.5 Å². The SMILES string of the molecule is C[C@H](/C=C/CC(=O)N(CCO)Cc1ccccc1)[C@@]1(O)C(=O)N(Cc2cccc(NC(=O)c3ccc(N)cc3)c2)c2ccc(Br)cc21. The zero-order valence-corrected chi connectivity index (χ0v) is 27.6. The van der Waals surface area contributed by atoms with E-state index >= 15 is 0 Å². The largest absolute Gasteiger partial charge is 0.399 e. The fourth-order valence-corrected chi connectivity index (χ4v) is 6.06. The first-order chi connectivity index (χ1) is 22.6. The number of hydrogen-bond acceptors (Lipinski definition) is 6. The van der Waals surface area contributed by atoms with Crippen molar-refractivity contribution in [2.75, 3.05) is 29.1 Å². The number of fused-ring (bicyclic) bond motifs is 1. The van der Waals surface area contributed by atoms with E-state index in [1.165, 1.54) is 0 Å². The number of aliphatic hydroxyl groups excluding tert-OH is 1. The summed E-state index contributed by atoms with van der Waals surface area (Å²) < 4.78 is 0.712. The molecule has 2 atom stereocenters. The summed E-state index contributed by atoms with van der Waals surface area (Å²) in [6.45, 7) is 2.31. The van der Waals surface area contributed by atoms with Crippen LogP contribution >= 0.6 is 15.9 Å². The number of nitrogens with zero attached hydrogens (tertiary/aromatic N) is 2. The van der Waals surface area contributed by atoms with Crippen molar-refractivity contribution in [2.45, 2.75) is 32.0 Å². The lowest BCUT2D eigenvalue weighted by Crippen LogP contribution is -2.44. The van der Waals surface area contributed by atoms with Crippen LogP contribution in [0.25, 0.3) is 0 Å². The summed E-state index contributed by atoms with van der Waals surface area (Å²) in [6, 6.07) is 28.7. The summed E-state index contributed by atoms with van der Waals surface area (Å²) in [5, 5.41) is 24.5. The molecule has 47 heavy (non-hydrogen) atoms. The highest BCUT2D eigenvalue weighted by Gasteiger charge is 2.52. The van der Waals surface area contributed by atoms with E-state index in [2.05, 4.69) is 21.2 Å². The number of nitrogens with two attached hydrogens (primary N) is 1. The van der Waals surface area contributed by atoms with Crippen LogP contribution in [0.4, 0.5) is 17.1 Å². The van der Waals surface area contributed by atoms with E-state index < -0.39 is 17.4 Å². The molecular weight excluding hydrogens is 660 g/mol. The molecule has 0 aromatic heterocycles. The average molecular weight is 698 g/mol. The van der Waals surface area contributed by atoms with Crippen molar-refractivity contribution in [3.8, 4) is 0 Å². The van der Waals surface area contributed by atoms with Gasteiger partial charge in [-0.1, -0.05) is 77.5 Å². The number of aliphatic hydroxyl groups is 2. The molecule has 5 rings (SSSR count). The lowest BCUT2D eigenvalue weighted by molar-refractivity contribution is -0.139. The quantitative estimate of drug-likeness (QED) is 0.112. The fourth-order valence-electron chi connectivity index (χ4n) is 5.70. The first-order valence-corrected chi connectivity index (χ1v) is 16.1. The van der Waals surface area contributed by atoms with Gasteiger partial charge in [0.05, 0.1) is 18.8 Å². The van der Waals surface area contributed by atoms with Crippen LogP contribution < -0.4 is 16.0 Å². The lowest BCUT2D eigenvalue weighted by atomic mass is 9.83. The van der Waals surface area contributed by atoms with Gasteiger partial charge in [0.15, 0.2) is 5.60 Å². The summed E-state index contributed by atoms with van der Waals surface area (Å²) in [7, 11) is 0. The summed E-state index contributed by atoms with van der Waals surface area (Å²) in [5.41, 5.74) is 8.18. The molecule has 0 fully saturated rings. The number of halogens is 1. The molecule has 0 aliphatic carbocycles. The minimum atomic E-state index is -1.88. The van der Waals surface area contributed by atoms with Crippen molar-refractivity contribution in [2.24, 2.45) is 5.92 Å². The van der Waals surface area contributed by atoms with Crippen LogP contribution in [0, 0.1) is 5.92 Å². The predicted octanol–water partition coefficient (Wildman–Crippen LogP) is 5.62. The molecule has 1 heterocycles. The van der Waals surface area contributed by atoms with Gasteiger partial charge in [0, 0.05) is 52.4 Å². The Kier molecular flexibility index (Phi) is 10.6. The van der Waals surface area contributed by atoms with Crippen molar-refractivity contribution in [1.82, 2.24) is 4.90 Å². The highest BCUT2D eigenvalue weighted by atomic mass is 79.9. The maximum atomic E-state index is 14.1. The Hall–Kier alpha value is -4.77. The molecule has 5 N–H and O–H groups in total.